The average Bonchev–Trinajstić information content (AvgIpc) is 2.70. The lowest BCUT2D eigenvalue weighted by Gasteiger charge is -2.63. The van der Waals surface area contributed by atoms with Gasteiger partial charge in [0.25, 0.3) is 0 Å². The van der Waals surface area contributed by atoms with E-state index in [0.29, 0.717) is 36.9 Å². The summed E-state index contributed by atoms with van der Waals surface area (Å²) < 4.78 is 5.47. The predicted octanol–water partition coefficient (Wildman–Crippen LogP) is 3.81. The molecule has 4 rings (SSSR count). The lowest BCUT2D eigenvalue weighted by molar-refractivity contribution is -0.182. The molecule has 1 spiro atoms. The zero-order chi connectivity index (χ0) is 19.0. The molecule has 0 aromatic rings. The molecule has 0 aromatic carbocycles. The molecule has 26 heavy (non-hydrogen) atoms. The molecule has 0 saturated heterocycles. The molecule has 0 radical (unpaired) electrons. The normalized spacial score (nSPS) is 50.2. The zero-order valence-electron chi connectivity index (χ0n) is 16.4. The topological polar surface area (TPSA) is 63.6 Å². The van der Waals surface area contributed by atoms with Gasteiger partial charge in [0, 0.05) is 23.3 Å². The Labute approximate surface area is 156 Å². The van der Waals surface area contributed by atoms with Crippen LogP contribution in [-0.2, 0) is 14.3 Å². The molecule has 4 nitrogen and oxygen atoms in total. The van der Waals surface area contributed by atoms with Crippen LogP contribution < -0.4 is 0 Å². The fraction of sp³-hybridized carbons (Fsp3) is 0.818. The molecule has 4 heteroatoms. The summed E-state index contributed by atoms with van der Waals surface area (Å²) in [7, 11) is 0. The van der Waals surface area contributed by atoms with Crippen molar-refractivity contribution < 1.29 is 19.4 Å². The molecule has 1 N–H and O–H groups in total. The second-order valence-electron chi connectivity index (χ2n) is 10.1. The Kier molecular flexibility index (Phi) is 3.81. The number of Topliss-reactive ketones (excluding diaryl/α,β-unsaturated/α-hetero) is 1. The van der Waals surface area contributed by atoms with Crippen molar-refractivity contribution in [1.82, 2.24) is 0 Å². The molecule has 4 aliphatic rings. The van der Waals surface area contributed by atoms with Gasteiger partial charge in [-0.2, -0.15) is 0 Å². The van der Waals surface area contributed by atoms with Crippen LogP contribution in [0.1, 0.15) is 72.1 Å². The molecule has 0 aromatic heterocycles. The molecule has 0 heterocycles. The number of fused-ring (bicyclic) bond motifs is 3. The highest BCUT2D eigenvalue weighted by molar-refractivity contribution is 6.04. The van der Waals surface area contributed by atoms with Gasteiger partial charge in [0.05, 0.1) is 12.2 Å². The lowest BCUT2D eigenvalue weighted by Crippen LogP contribution is -2.59. The number of aliphatic hydroxyl groups is 1. The van der Waals surface area contributed by atoms with E-state index in [1.807, 2.05) is 0 Å². The third kappa shape index (κ3) is 2.17. The summed E-state index contributed by atoms with van der Waals surface area (Å²) >= 11 is 0. The van der Waals surface area contributed by atoms with Gasteiger partial charge < -0.3 is 9.84 Å². The van der Waals surface area contributed by atoms with E-state index in [9.17, 15) is 14.7 Å². The summed E-state index contributed by atoms with van der Waals surface area (Å²) in [6, 6.07) is 0. The van der Waals surface area contributed by atoms with Crippen molar-refractivity contribution in [2.75, 3.05) is 6.61 Å². The first-order chi connectivity index (χ1) is 12.1. The Morgan fingerprint density at radius 2 is 1.88 bits per heavy atom. The van der Waals surface area contributed by atoms with Crippen molar-refractivity contribution >= 4 is 11.8 Å². The van der Waals surface area contributed by atoms with Crippen LogP contribution in [0.5, 0.6) is 0 Å². The minimum Gasteiger partial charge on any atom is -0.465 e. The van der Waals surface area contributed by atoms with E-state index >= 15 is 0 Å². The summed E-state index contributed by atoms with van der Waals surface area (Å²) in [6.07, 6.45) is 7.25. The van der Waals surface area contributed by atoms with E-state index < -0.39 is 11.0 Å². The van der Waals surface area contributed by atoms with Gasteiger partial charge in [0.15, 0.2) is 5.78 Å². The van der Waals surface area contributed by atoms with Gasteiger partial charge in [-0.05, 0) is 62.2 Å². The highest BCUT2D eigenvalue weighted by Gasteiger charge is 2.70. The standard InChI is InChI=1S/C22H32O4/c1-14-18(24)21-10-6-16-19(3,13-26-15(2)23)8-5-9-20(16,4)17(21)7-11-22(14,25)12-21/h16-17,25H,1,5-13H2,2-4H3/t16?,17-,19-,20+,21+,22+/m0/s1. The van der Waals surface area contributed by atoms with Crippen LogP contribution >= 0.6 is 0 Å². The summed E-state index contributed by atoms with van der Waals surface area (Å²) in [4.78, 5) is 24.6. The van der Waals surface area contributed by atoms with E-state index in [-0.39, 0.29) is 22.6 Å². The third-order valence-electron chi connectivity index (χ3n) is 8.79. The third-order valence-corrected chi connectivity index (χ3v) is 8.79. The first kappa shape index (κ1) is 18.2. The molecule has 2 bridgehead atoms. The molecule has 6 atom stereocenters. The van der Waals surface area contributed by atoms with Crippen molar-refractivity contribution in [3.05, 3.63) is 12.2 Å². The largest absolute Gasteiger partial charge is 0.465 e. The number of carbonyl (C=O) groups is 2. The number of ketones is 1. The van der Waals surface area contributed by atoms with E-state index in [1.54, 1.807) is 0 Å². The number of carbonyl (C=O) groups excluding carboxylic acids is 2. The molecule has 4 saturated carbocycles. The van der Waals surface area contributed by atoms with Gasteiger partial charge in [-0.1, -0.05) is 26.8 Å². The van der Waals surface area contributed by atoms with E-state index in [4.69, 9.17) is 4.74 Å². The highest BCUT2D eigenvalue weighted by Crippen LogP contribution is 2.71. The maximum absolute atomic E-state index is 13.2. The number of hydrogen-bond donors (Lipinski definition) is 1. The van der Waals surface area contributed by atoms with Crippen molar-refractivity contribution in [2.45, 2.75) is 77.7 Å². The fourth-order valence-corrected chi connectivity index (χ4v) is 7.69. The van der Waals surface area contributed by atoms with Gasteiger partial charge in [0.1, 0.15) is 0 Å². The average molecular weight is 360 g/mol. The summed E-state index contributed by atoms with van der Waals surface area (Å²) in [5.41, 5.74) is -0.873. The number of ether oxygens (including phenoxy) is 1. The van der Waals surface area contributed by atoms with Crippen LogP contribution in [0.3, 0.4) is 0 Å². The molecular formula is C22H32O4. The monoisotopic (exact) mass is 360 g/mol. The van der Waals surface area contributed by atoms with Crippen LogP contribution in [0.2, 0.25) is 0 Å². The van der Waals surface area contributed by atoms with Crippen LogP contribution in [0.15, 0.2) is 12.2 Å². The Morgan fingerprint density at radius 1 is 1.19 bits per heavy atom. The highest BCUT2D eigenvalue weighted by atomic mass is 16.5. The molecule has 4 fully saturated rings. The first-order valence-electron chi connectivity index (χ1n) is 10.2. The maximum atomic E-state index is 13.2. The van der Waals surface area contributed by atoms with Crippen molar-refractivity contribution in [2.24, 2.45) is 28.1 Å². The molecule has 0 aliphatic heterocycles. The predicted molar refractivity (Wildman–Crippen MR) is 98.3 cm³/mol. The van der Waals surface area contributed by atoms with E-state index in [0.717, 1.165) is 38.5 Å². The minimum absolute atomic E-state index is 0.0211. The van der Waals surface area contributed by atoms with Crippen LogP contribution in [0, 0.1) is 28.1 Å². The summed E-state index contributed by atoms with van der Waals surface area (Å²) in [5, 5.41) is 10.9. The molecule has 144 valence electrons. The van der Waals surface area contributed by atoms with E-state index in [2.05, 4.69) is 20.4 Å². The van der Waals surface area contributed by atoms with Crippen molar-refractivity contribution in [1.29, 1.82) is 0 Å². The van der Waals surface area contributed by atoms with Gasteiger partial charge in [0.2, 0.25) is 0 Å². The fourth-order valence-electron chi connectivity index (χ4n) is 7.69. The lowest BCUT2D eigenvalue weighted by atomic mass is 9.41. The second kappa shape index (κ2) is 5.43. The zero-order valence-corrected chi connectivity index (χ0v) is 16.4. The summed E-state index contributed by atoms with van der Waals surface area (Å²) in [5.74, 6) is 0.675. The van der Waals surface area contributed by atoms with E-state index in [1.165, 1.54) is 6.92 Å². The maximum Gasteiger partial charge on any atom is 0.302 e. The van der Waals surface area contributed by atoms with Gasteiger partial charge in [-0.25, -0.2) is 0 Å². The molecular weight excluding hydrogens is 328 g/mol. The van der Waals surface area contributed by atoms with Gasteiger partial charge >= 0.3 is 5.97 Å². The smallest absolute Gasteiger partial charge is 0.302 e. The summed E-state index contributed by atoms with van der Waals surface area (Å²) in [6.45, 7) is 10.6. The van der Waals surface area contributed by atoms with Crippen LogP contribution in [0.4, 0.5) is 0 Å². The number of esters is 1. The Bertz CT molecular complexity index is 684. The Morgan fingerprint density at radius 3 is 2.58 bits per heavy atom. The van der Waals surface area contributed by atoms with Crippen LogP contribution in [0.25, 0.3) is 0 Å². The minimum atomic E-state index is -0.966. The second-order valence-corrected chi connectivity index (χ2v) is 10.1. The quantitative estimate of drug-likeness (QED) is 0.601. The van der Waals surface area contributed by atoms with Crippen molar-refractivity contribution in [3.63, 3.8) is 0 Å². The van der Waals surface area contributed by atoms with Crippen LogP contribution in [-0.4, -0.2) is 29.1 Å². The van der Waals surface area contributed by atoms with Crippen molar-refractivity contribution in [3.8, 4) is 0 Å². The molecule has 1 unspecified atom stereocenters. The van der Waals surface area contributed by atoms with Gasteiger partial charge in [-0.15, -0.1) is 0 Å². The molecule has 0 amide bonds. The van der Waals surface area contributed by atoms with Gasteiger partial charge in [-0.3, -0.25) is 9.59 Å². The Balaban J connectivity index is 1.70. The number of hydrogen-bond acceptors (Lipinski definition) is 4. The first-order valence-corrected chi connectivity index (χ1v) is 10.2. The Hall–Kier alpha value is -1.16. The molecule has 4 aliphatic carbocycles. The SMILES string of the molecule is C=C1C(=O)[C@@]23CCC4[C@](C)(COC(C)=O)CCC[C@@]4(C)[C@@H]2CC[C@@]1(O)C3. The number of rotatable bonds is 2.